The average Bonchev–Trinajstić information content (AvgIpc) is 2.68. The highest BCUT2D eigenvalue weighted by atomic mass is 16.1. The number of nitrogens with one attached hydrogen (secondary N) is 2. The lowest BCUT2D eigenvalue weighted by atomic mass is 9.96. The number of Topliss-reactive ketones (excluding diaryl/α,β-unsaturated/α-hetero) is 1. The van der Waals surface area contributed by atoms with E-state index >= 15 is 0 Å². The zero-order valence-electron chi connectivity index (χ0n) is 10.0. The molecule has 1 aliphatic rings. The van der Waals surface area contributed by atoms with Crippen molar-refractivity contribution in [3.05, 3.63) is 35.5 Å². The van der Waals surface area contributed by atoms with Crippen LogP contribution in [-0.4, -0.2) is 22.5 Å². The lowest BCUT2D eigenvalue weighted by Gasteiger charge is -2.11. The monoisotopic (exact) mass is 227 g/mol. The van der Waals surface area contributed by atoms with Gasteiger partial charge < -0.3 is 4.98 Å². The summed E-state index contributed by atoms with van der Waals surface area (Å²) in [6.45, 7) is 3.66. The number of rotatable bonds is 1. The van der Waals surface area contributed by atoms with Gasteiger partial charge in [0.15, 0.2) is 11.5 Å². The molecule has 1 aromatic heterocycles. The Bertz CT molecular complexity index is 637. The van der Waals surface area contributed by atoms with Gasteiger partial charge in [-0.1, -0.05) is 18.2 Å². The maximum Gasteiger partial charge on any atom is 0.212 e. The van der Waals surface area contributed by atoms with Gasteiger partial charge >= 0.3 is 0 Å². The van der Waals surface area contributed by atoms with E-state index in [-0.39, 0.29) is 11.8 Å². The van der Waals surface area contributed by atoms with E-state index in [4.69, 9.17) is 0 Å². The molecule has 3 heteroatoms. The van der Waals surface area contributed by atoms with Gasteiger partial charge in [0.25, 0.3) is 0 Å². The van der Waals surface area contributed by atoms with Gasteiger partial charge in [0, 0.05) is 31.2 Å². The predicted molar refractivity (Wildman–Crippen MR) is 67.2 cm³/mol. The van der Waals surface area contributed by atoms with Crippen LogP contribution in [0, 0.1) is 0 Å². The summed E-state index contributed by atoms with van der Waals surface area (Å²) in [5, 5.41) is 1.23. The Kier molecular flexibility index (Phi) is 2.15. The SMILES string of the molecule is CC(=O)C1Cc2c([nH]c3ccccc23)C(C)=[NH+]1. The van der Waals surface area contributed by atoms with Gasteiger partial charge in [-0.3, -0.25) is 4.79 Å². The highest BCUT2D eigenvalue weighted by Gasteiger charge is 2.30. The Hall–Kier alpha value is -1.90. The maximum atomic E-state index is 11.5. The normalized spacial score (nSPS) is 18.9. The number of benzene rings is 1. The fraction of sp³-hybridized carbons (Fsp3) is 0.286. The van der Waals surface area contributed by atoms with Crippen LogP contribution in [0.4, 0.5) is 0 Å². The molecule has 1 atom stereocenters. The van der Waals surface area contributed by atoms with Gasteiger partial charge in [0.1, 0.15) is 5.69 Å². The second-order valence-corrected chi connectivity index (χ2v) is 4.66. The van der Waals surface area contributed by atoms with Crippen LogP contribution in [0.5, 0.6) is 0 Å². The molecule has 0 aliphatic carbocycles. The molecule has 3 nitrogen and oxygen atoms in total. The number of H-pyrrole nitrogens is 1. The largest absolute Gasteiger partial charge is 0.350 e. The summed E-state index contributed by atoms with van der Waals surface area (Å²) in [4.78, 5) is 18.2. The van der Waals surface area contributed by atoms with Crippen LogP contribution in [0.15, 0.2) is 24.3 Å². The summed E-state index contributed by atoms with van der Waals surface area (Å²) < 4.78 is 0. The molecular formula is C14H15N2O+. The van der Waals surface area contributed by atoms with E-state index in [1.54, 1.807) is 6.92 Å². The van der Waals surface area contributed by atoms with E-state index in [1.165, 1.54) is 10.9 Å². The summed E-state index contributed by atoms with van der Waals surface area (Å²) in [5.74, 6) is 0.195. The number of hydrogen-bond acceptors (Lipinski definition) is 1. The Morgan fingerprint density at radius 3 is 2.94 bits per heavy atom. The number of carbonyl (C=O) groups is 1. The molecule has 0 bridgehead atoms. The topological polar surface area (TPSA) is 46.8 Å². The summed E-state index contributed by atoms with van der Waals surface area (Å²) in [6, 6.07) is 8.16. The number of carbonyl (C=O) groups excluding carboxylic acids is 1. The van der Waals surface area contributed by atoms with Crippen molar-refractivity contribution in [2.45, 2.75) is 26.3 Å². The van der Waals surface area contributed by atoms with Crippen molar-refractivity contribution in [3.63, 3.8) is 0 Å². The fourth-order valence-corrected chi connectivity index (χ4v) is 2.57. The first kappa shape index (κ1) is 10.3. The Morgan fingerprint density at radius 2 is 2.18 bits per heavy atom. The standard InChI is InChI=1S/C14H14N2O/c1-8-14-11(7-13(15-8)9(2)17)10-5-3-4-6-12(10)16-14/h3-6,13,16H,7H2,1-2H3/p+1. The molecule has 0 saturated heterocycles. The fourth-order valence-electron chi connectivity index (χ4n) is 2.57. The van der Waals surface area contributed by atoms with Crippen molar-refractivity contribution >= 4 is 22.4 Å². The molecule has 1 aliphatic heterocycles. The molecule has 0 fully saturated rings. The molecule has 2 aromatic rings. The first-order chi connectivity index (χ1) is 8.16. The summed E-state index contributed by atoms with van der Waals surface area (Å²) in [5.41, 5.74) is 4.60. The highest BCUT2D eigenvalue weighted by Crippen LogP contribution is 2.24. The molecule has 0 saturated carbocycles. The molecule has 2 N–H and O–H groups in total. The number of aromatic amines is 1. The van der Waals surface area contributed by atoms with Crippen LogP contribution in [0.25, 0.3) is 10.9 Å². The van der Waals surface area contributed by atoms with E-state index in [9.17, 15) is 4.79 Å². The molecule has 0 spiro atoms. The molecular weight excluding hydrogens is 212 g/mol. The van der Waals surface area contributed by atoms with Crippen LogP contribution < -0.4 is 4.99 Å². The highest BCUT2D eigenvalue weighted by molar-refractivity contribution is 6.02. The first-order valence-corrected chi connectivity index (χ1v) is 5.87. The second kappa shape index (κ2) is 3.55. The van der Waals surface area contributed by atoms with Crippen molar-refractivity contribution < 1.29 is 9.79 Å². The summed E-state index contributed by atoms with van der Waals surface area (Å²) in [7, 11) is 0. The number of para-hydroxylation sites is 1. The van der Waals surface area contributed by atoms with E-state index < -0.39 is 0 Å². The number of fused-ring (bicyclic) bond motifs is 3. The quantitative estimate of drug-likeness (QED) is 0.735. The number of aromatic nitrogens is 1. The lowest BCUT2D eigenvalue weighted by Crippen LogP contribution is -2.83. The van der Waals surface area contributed by atoms with Crippen LogP contribution >= 0.6 is 0 Å². The van der Waals surface area contributed by atoms with E-state index in [2.05, 4.69) is 22.1 Å². The molecule has 0 amide bonds. The third-order valence-corrected chi connectivity index (χ3v) is 3.48. The minimum atomic E-state index is -0.0818. The van der Waals surface area contributed by atoms with Crippen LogP contribution in [0.2, 0.25) is 0 Å². The molecule has 0 radical (unpaired) electrons. The molecule has 3 rings (SSSR count). The van der Waals surface area contributed by atoms with Gasteiger partial charge in [-0.15, -0.1) is 0 Å². The molecule has 86 valence electrons. The third kappa shape index (κ3) is 1.50. The number of hydrogen-bond donors (Lipinski definition) is 2. The Labute approximate surface area is 99.6 Å². The second-order valence-electron chi connectivity index (χ2n) is 4.66. The van der Waals surface area contributed by atoms with E-state index in [0.29, 0.717) is 0 Å². The Balaban J connectivity index is 2.23. The third-order valence-electron chi connectivity index (χ3n) is 3.48. The summed E-state index contributed by atoms with van der Waals surface area (Å²) >= 11 is 0. The zero-order valence-corrected chi connectivity index (χ0v) is 10.0. The predicted octanol–water partition coefficient (Wildman–Crippen LogP) is 0.571. The van der Waals surface area contributed by atoms with Crippen molar-refractivity contribution in [2.24, 2.45) is 0 Å². The maximum absolute atomic E-state index is 11.5. The first-order valence-electron chi connectivity index (χ1n) is 5.87. The van der Waals surface area contributed by atoms with Gasteiger partial charge in [-0.05, 0) is 11.6 Å². The smallest absolute Gasteiger partial charge is 0.212 e. The molecule has 17 heavy (non-hydrogen) atoms. The average molecular weight is 227 g/mol. The van der Waals surface area contributed by atoms with Crippen molar-refractivity contribution in [1.82, 2.24) is 4.98 Å². The summed E-state index contributed by atoms with van der Waals surface area (Å²) in [6.07, 6.45) is 0.770. The lowest BCUT2D eigenvalue weighted by molar-refractivity contribution is -0.488. The van der Waals surface area contributed by atoms with E-state index in [1.807, 2.05) is 19.1 Å². The minimum Gasteiger partial charge on any atom is -0.350 e. The van der Waals surface area contributed by atoms with Gasteiger partial charge in [0.05, 0.1) is 0 Å². The van der Waals surface area contributed by atoms with E-state index in [0.717, 1.165) is 23.3 Å². The molecule has 1 aromatic carbocycles. The Morgan fingerprint density at radius 1 is 1.41 bits per heavy atom. The van der Waals surface area contributed by atoms with Crippen LogP contribution in [0.3, 0.4) is 0 Å². The van der Waals surface area contributed by atoms with Crippen molar-refractivity contribution in [1.29, 1.82) is 0 Å². The molecule has 1 unspecified atom stereocenters. The van der Waals surface area contributed by atoms with Crippen molar-refractivity contribution in [3.8, 4) is 0 Å². The zero-order chi connectivity index (χ0) is 12.0. The van der Waals surface area contributed by atoms with Gasteiger partial charge in [-0.2, -0.15) is 0 Å². The minimum absolute atomic E-state index is 0.0818. The van der Waals surface area contributed by atoms with Gasteiger partial charge in [0.2, 0.25) is 6.04 Å². The molecule has 2 heterocycles. The van der Waals surface area contributed by atoms with Crippen molar-refractivity contribution in [2.75, 3.05) is 0 Å². The number of ketones is 1. The van der Waals surface area contributed by atoms with Gasteiger partial charge in [-0.25, -0.2) is 4.99 Å². The van der Waals surface area contributed by atoms with Crippen LogP contribution in [-0.2, 0) is 11.2 Å². The van der Waals surface area contributed by atoms with Crippen LogP contribution in [0.1, 0.15) is 25.1 Å².